The van der Waals surface area contributed by atoms with Gasteiger partial charge in [-0.25, -0.2) is 9.18 Å². The van der Waals surface area contributed by atoms with E-state index in [2.05, 4.69) is 4.90 Å². The van der Waals surface area contributed by atoms with Crippen LogP contribution in [0, 0.1) is 5.82 Å². The summed E-state index contributed by atoms with van der Waals surface area (Å²) in [6.45, 7) is 5.21. The Bertz CT molecular complexity index is 486. The summed E-state index contributed by atoms with van der Waals surface area (Å²) in [5.74, 6) is -1.57. The van der Waals surface area contributed by atoms with Crippen molar-refractivity contribution >= 4 is 12.0 Å². The van der Waals surface area contributed by atoms with Crippen LogP contribution in [0.25, 0.3) is 6.08 Å². The fourth-order valence-corrected chi connectivity index (χ4v) is 1.86. The van der Waals surface area contributed by atoms with Gasteiger partial charge in [-0.1, -0.05) is 6.07 Å². The van der Waals surface area contributed by atoms with Crippen LogP contribution in [0.15, 0.2) is 24.3 Å². The minimum absolute atomic E-state index is 0.0607. The highest BCUT2D eigenvalue weighted by Crippen LogP contribution is 2.15. The van der Waals surface area contributed by atoms with Crippen molar-refractivity contribution in [2.45, 2.75) is 26.4 Å². The molecule has 0 aromatic heterocycles. The summed E-state index contributed by atoms with van der Waals surface area (Å²) >= 11 is 0. The van der Waals surface area contributed by atoms with Crippen LogP contribution < -0.4 is 0 Å². The summed E-state index contributed by atoms with van der Waals surface area (Å²) in [6.07, 6.45) is 2.16. The Morgan fingerprint density at radius 1 is 1.45 bits per heavy atom. The molecule has 0 amide bonds. The maximum Gasteiger partial charge on any atom is 0.328 e. The average Bonchev–Trinajstić information content (AvgIpc) is 2.38. The largest absolute Gasteiger partial charge is 0.478 e. The van der Waals surface area contributed by atoms with Gasteiger partial charge >= 0.3 is 5.97 Å². The van der Waals surface area contributed by atoms with Crippen LogP contribution in [0.1, 0.15) is 25.0 Å². The Morgan fingerprint density at radius 2 is 2.15 bits per heavy atom. The van der Waals surface area contributed by atoms with E-state index in [1.165, 1.54) is 12.1 Å². The Labute approximate surface area is 118 Å². The molecule has 4 nitrogen and oxygen atoms in total. The van der Waals surface area contributed by atoms with Crippen LogP contribution in [0.4, 0.5) is 4.39 Å². The molecule has 0 unspecified atom stereocenters. The summed E-state index contributed by atoms with van der Waals surface area (Å²) in [5, 5.41) is 17.6. The van der Waals surface area contributed by atoms with E-state index in [1.54, 1.807) is 12.1 Å². The number of carboxylic acid groups (broad SMARTS) is 1. The molecule has 20 heavy (non-hydrogen) atoms. The van der Waals surface area contributed by atoms with Gasteiger partial charge in [0.25, 0.3) is 0 Å². The van der Waals surface area contributed by atoms with E-state index < -0.39 is 11.8 Å². The van der Waals surface area contributed by atoms with Crippen molar-refractivity contribution in [3.8, 4) is 0 Å². The second kappa shape index (κ2) is 7.77. The Balaban J connectivity index is 2.91. The number of hydrogen-bond donors (Lipinski definition) is 2. The number of benzene rings is 1. The van der Waals surface area contributed by atoms with Gasteiger partial charge < -0.3 is 10.2 Å². The van der Waals surface area contributed by atoms with Crippen LogP contribution >= 0.6 is 0 Å². The fourth-order valence-electron chi connectivity index (χ4n) is 1.86. The third-order valence-corrected chi connectivity index (χ3v) is 2.97. The SMILES string of the molecule is CC(C)N(CCO)Cc1ccc(F)c(C=CC(=O)O)c1. The Hall–Kier alpha value is -1.72. The second-order valence-electron chi connectivity index (χ2n) is 4.82. The maximum absolute atomic E-state index is 13.6. The van der Waals surface area contributed by atoms with Crippen LogP contribution in [0.2, 0.25) is 0 Å². The lowest BCUT2D eigenvalue weighted by Gasteiger charge is -2.25. The number of aliphatic hydroxyl groups excluding tert-OH is 1. The first kappa shape index (κ1) is 16.3. The molecule has 0 fully saturated rings. The first-order chi connectivity index (χ1) is 9.43. The van der Waals surface area contributed by atoms with Gasteiger partial charge in [0, 0.05) is 30.8 Å². The third-order valence-electron chi connectivity index (χ3n) is 2.97. The number of rotatable bonds is 7. The van der Waals surface area contributed by atoms with Crippen molar-refractivity contribution in [1.29, 1.82) is 0 Å². The number of hydrogen-bond acceptors (Lipinski definition) is 3. The molecule has 1 aromatic carbocycles. The summed E-state index contributed by atoms with van der Waals surface area (Å²) in [5.41, 5.74) is 1.12. The van der Waals surface area contributed by atoms with Gasteiger partial charge in [0.05, 0.1) is 6.61 Å². The molecule has 0 aliphatic carbocycles. The second-order valence-corrected chi connectivity index (χ2v) is 4.82. The van der Waals surface area contributed by atoms with Crippen molar-refractivity contribution in [3.05, 3.63) is 41.2 Å². The molecular formula is C15H20FNO3. The van der Waals surface area contributed by atoms with E-state index in [1.807, 2.05) is 13.8 Å². The molecule has 0 radical (unpaired) electrons. The van der Waals surface area contributed by atoms with E-state index in [-0.39, 0.29) is 18.2 Å². The number of carboxylic acids is 1. The van der Waals surface area contributed by atoms with Crippen molar-refractivity contribution in [2.24, 2.45) is 0 Å². The highest BCUT2D eigenvalue weighted by Gasteiger charge is 2.10. The predicted octanol–water partition coefficient (Wildman–Crippen LogP) is 2.13. The van der Waals surface area contributed by atoms with Crippen molar-refractivity contribution in [1.82, 2.24) is 4.90 Å². The minimum atomic E-state index is -1.11. The predicted molar refractivity (Wildman–Crippen MR) is 75.7 cm³/mol. The highest BCUT2D eigenvalue weighted by atomic mass is 19.1. The standard InChI is InChI=1S/C15H20FNO3/c1-11(2)17(7-8-18)10-12-3-5-14(16)13(9-12)4-6-15(19)20/h3-6,9,11,18H,7-8,10H2,1-2H3,(H,19,20). The zero-order valence-electron chi connectivity index (χ0n) is 11.7. The molecule has 1 aromatic rings. The number of aliphatic hydroxyl groups is 1. The fraction of sp³-hybridized carbons (Fsp3) is 0.400. The summed E-state index contributed by atoms with van der Waals surface area (Å²) in [4.78, 5) is 12.5. The molecule has 0 heterocycles. The van der Waals surface area contributed by atoms with Gasteiger partial charge in [0.15, 0.2) is 0 Å². The lowest BCUT2D eigenvalue weighted by Crippen LogP contribution is -2.32. The van der Waals surface area contributed by atoms with Gasteiger partial charge in [-0.3, -0.25) is 4.90 Å². The molecule has 0 spiro atoms. The molecule has 110 valence electrons. The van der Waals surface area contributed by atoms with E-state index in [0.29, 0.717) is 13.1 Å². The van der Waals surface area contributed by atoms with Gasteiger partial charge in [0.1, 0.15) is 5.82 Å². The molecule has 5 heteroatoms. The van der Waals surface area contributed by atoms with Crippen molar-refractivity contribution in [2.75, 3.05) is 13.2 Å². The van der Waals surface area contributed by atoms with E-state index in [4.69, 9.17) is 10.2 Å². The summed E-state index contributed by atoms with van der Waals surface area (Å²) in [7, 11) is 0. The van der Waals surface area contributed by atoms with Crippen LogP contribution in [0.3, 0.4) is 0 Å². The Morgan fingerprint density at radius 3 is 2.70 bits per heavy atom. The normalized spacial score (nSPS) is 11.7. The lowest BCUT2D eigenvalue weighted by atomic mass is 10.1. The van der Waals surface area contributed by atoms with Gasteiger partial charge in [-0.15, -0.1) is 0 Å². The first-order valence-corrected chi connectivity index (χ1v) is 6.48. The molecule has 0 aliphatic heterocycles. The molecule has 0 saturated heterocycles. The van der Waals surface area contributed by atoms with Crippen LogP contribution in [-0.2, 0) is 11.3 Å². The third kappa shape index (κ3) is 5.11. The smallest absolute Gasteiger partial charge is 0.328 e. The zero-order chi connectivity index (χ0) is 15.1. The number of halogens is 1. The molecule has 0 aliphatic rings. The van der Waals surface area contributed by atoms with E-state index >= 15 is 0 Å². The van der Waals surface area contributed by atoms with Gasteiger partial charge in [-0.2, -0.15) is 0 Å². The minimum Gasteiger partial charge on any atom is -0.478 e. The molecular weight excluding hydrogens is 261 g/mol. The monoisotopic (exact) mass is 281 g/mol. The van der Waals surface area contributed by atoms with Crippen molar-refractivity contribution < 1.29 is 19.4 Å². The molecule has 0 bridgehead atoms. The average molecular weight is 281 g/mol. The van der Waals surface area contributed by atoms with Crippen LogP contribution in [0.5, 0.6) is 0 Å². The number of carbonyl (C=O) groups is 1. The van der Waals surface area contributed by atoms with E-state index in [9.17, 15) is 9.18 Å². The zero-order valence-corrected chi connectivity index (χ0v) is 11.7. The van der Waals surface area contributed by atoms with E-state index in [0.717, 1.165) is 11.6 Å². The summed E-state index contributed by atoms with van der Waals surface area (Å²) < 4.78 is 13.6. The molecule has 1 rings (SSSR count). The lowest BCUT2D eigenvalue weighted by molar-refractivity contribution is -0.131. The van der Waals surface area contributed by atoms with Gasteiger partial charge in [-0.05, 0) is 37.6 Å². The molecule has 2 N–H and O–H groups in total. The number of nitrogens with zero attached hydrogens (tertiary/aromatic N) is 1. The first-order valence-electron chi connectivity index (χ1n) is 6.48. The Kier molecular flexibility index (Phi) is 6.35. The quantitative estimate of drug-likeness (QED) is 0.752. The topological polar surface area (TPSA) is 60.8 Å². The number of aliphatic carboxylic acids is 1. The van der Waals surface area contributed by atoms with Gasteiger partial charge in [0.2, 0.25) is 0 Å². The van der Waals surface area contributed by atoms with Crippen molar-refractivity contribution in [3.63, 3.8) is 0 Å². The molecule has 0 atom stereocenters. The highest BCUT2D eigenvalue weighted by molar-refractivity contribution is 5.85. The molecule has 0 saturated carbocycles. The maximum atomic E-state index is 13.6. The summed E-state index contributed by atoms with van der Waals surface area (Å²) in [6, 6.07) is 4.88. The van der Waals surface area contributed by atoms with Crippen LogP contribution in [-0.4, -0.2) is 40.3 Å².